The van der Waals surface area contributed by atoms with Crippen LogP contribution in [0.2, 0.25) is 0 Å². The molecule has 1 atom stereocenters. The number of thiazole rings is 1. The SMILES string of the molecule is CNC(Cc1nc(C)cs1)Cc1ccccc1OC. The predicted molar refractivity (Wildman–Crippen MR) is 80.1 cm³/mol. The van der Waals surface area contributed by atoms with Gasteiger partial charge in [-0.1, -0.05) is 18.2 Å². The summed E-state index contributed by atoms with van der Waals surface area (Å²) in [7, 11) is 3.72. The maximum absolute atomic E-state index is 5.40. The summed E-state index contributed by atoms with van der Waals surface area (Å²) in [6.45, 7) is 2.04. The number of nitrogens with zero attached hydrogens (tertiary/aromatic N) is 1. The smallest absolute Gasteiger partial charge is 0.122 e. The van der Waals surface area contributed by atoms with E-state index in [0.29, 0.717) is 6.04 Å². The van der Waals surface area contributed by atoms with Crippen molar-refractivity contribution in [3.8, 4) is 5.75 Å². The minimum absolute atomic E-state index is 0.377. The molecule has 1 unspecified atom stereocenters. The number of rotatable bonds is 6. The largest absolute Gasteiger partial charge is 0.496 e. The molecule has 1 aromatic heterocycles. The third-order valence-electron chi connectivity index (χ3n) is 3.15. The molecule has 0 aliphatic rings. The Balaban J connectivity index is 2.06. The van der Waals surface area contributed by atoms with Crippen LogP contribution in [0.3, 0.4) is 0 Å². The van der Waals surface area contributed by atoms with Crippen LogP contribution in [0.15, 0.2) is 29.6 Å². The van der Waals surface area contributed by atoms with Crippen molar-refractivity contribution < 1.29 is 4.74 Å². The van der Waals surface area contributed by atoms with Crippen molar-refractivity contribution in [3.63, 3.8) is 0 Å². The van der Waals surface area contributed by atoms with Crippen LogP contribution in [-0.2, 0) is 12.8 Å². The van der Waals surface area contributed by atoms with Crippen molar-refractivity contribution in [2.24, 2.45) is 0 Å². The molecule has 4 heteroatoms. The second kappa shape index (κ2) is 6.68. The maximum atomic E-state index is 5.40. The Morgan fingerprint density at radius 2 is 2.11 bits per heavy atom. The van der Waals surface area contributed by atoms with Crippen molar-refractivity contribution in [2.45, 2.75) is 25.8 Å². The summed E-state index contributed by atoms with van der Waals surface area (Å²) >= 11 is 1.73. The predicted octanol–water partition coefficient (Wildman–Crippen LogP) is 2.83. The van der Waals surface area contributed by atoms with Crippen molar-refractivity contribution >= 4 is 11.3 Å². The van der Waals surface area contributed by atoms with E-state index in [-0.39, 0.29) is 0 Å². The zero-order valence-electron chi connectivity index (χ0n) is 11.6. The van der Waals surface area contributed by atoms with Crippen molar-refractivity contribution in [1.82, 2.24) is 10.3 Å². The van der Waals surface area contributed by atoms with Gasteiger partial charge in [-0.3, -0.25) is 0 Å². The number of aromatic nitrogens is 1. The quantitative estimate of drug-likeness (QED) is 0.881. The molecule has 1 aromatic carbocycles. The summed E-state index contributed by atoms with van der Waals surface area (Å²) in [5.74, 6) is 0.957. The van der Waals surface area contributed by atoms with Crippen molar-refractivity contribution in [2.75, 3.05) is 14.2 Å². The van der Waals surface area contributed by atoms with Crippen molar-refractivity contribution in [1.29, 1.82) is 0 Å². The molecular formula is C15H20N2OS. The number of aryl methyl sites for hydroxylation is 1. The topological polar surface area (TPSA) is 34.2 Å². The number of hydrogen-bond donors (Lipinski definition) is 1. The lowest BCUT2D eigenvalue weighted by Crippen LogP contribution is -2.30. The molecule has 0 saturated carbocycles. The highest BCUT2D eigenvalue weighted by molar-refractivity contribution is 7.09. The highest BCUT2D eigenvalue weighted by Crippen LogP contribution is 2.20. The van der Waals surface area contributed by atoms with Crippen LogP contribution in [0.1, 0.15) is 16.3 Å². The van der Waals surface area contributed by atoms with E-state index >= 15 is 0 Å². The average molecular weight is 276 g/mol. The van der Waals surface area contributed by atoms with Gasteiger partial charge in [-0.15, -0.1) is 11.3 Å². The van der Waals surface area contributed by atoms with Gasteiger partial charge in [0.05, 0.1) is 12.1 Å². The monoisotopic (exact) mass is 276 g/mol. The summed E-state index contributed by atoms with van der Waals surface area (Å²) in [5.41, 5.74) is 2.34. The van der Waals surface area contributed by atoms with Gasteiger partial charge in [-0.2, -0.15) is 0 Å². The molecule has 102 valence electrons. The van der Waals surface area contributed by atoms with Crippen LogP contribution in [0.5, 0.6) is 5.75 Å². The standard InChI is InChI=1S/C15H20N2OS/c1-11-10-19-15(17-11)9-13(16-2)8-12-6-4-5-7-14(12)18-3/h4-7,10,13,16H,8-9H2,1-3H3. The van der Waals surface area contributed by atoms with Crippen LogP contribution in [-0.4, -0.2) is 25.2 Å². The highest BCUT2D eigenvalue weighted by atomic mass is 32.1. The molecule has 19 heavy (non-hydrogen) atoms. The molecule has 2 rings (SSSR count). The Kier molecular flexibility index (Phi) is 4.93. The lowest BCUT2D eigenvalue weighted by Gasteiger charge is -2.16. The lowest BCUT2D eigenvalue weighted by molar-refractivity contribution is 0.406. The second-order valence-corrected chi connectivity index (χ2v) is 5.53. The minimum atomic E-state index is 0.377. The molecule has 1 heterocycles. The van der Waals surface area contributed by atoms with E-state index in [4.69, 9.17) is 4.74 Å². The maximum Gasteiger partial charge on any atom is 0.122 e. The van der Waals surface area contributed by atoms with Crippen molar-refractivity contribution in [3.05, 3.63) is 45.9 Å². The van der Waals surface area contributed by atoms with E-state index in [1.807, 2.05) is 26.1 Å². The van der Waals surface area contributed by atoms with E-state index in [9.17, 15) is 0 Å². The first-order valence-electron chi connectivity index (χ1n) is 6.43. The fourth-order valence-corrected chi connectivity index (χ4v) is 2.97. The summed E-state index contributed by atoms with van der Waals surface area (Å²) in [4.78, 5) is 4.53. The molecule has 0 aliphatic carbocycles. The van der Waals surface area contributed by atoms with E-state index in [0.717, 1.165) is 24.3 Å². The molecule has 0 spiro atoms. The number of para-hydroxylation sites is 1. The number of nitrogens with one attached hydrogen (secondary N) is 1. The first-order chi connectivity index (χ1) is 9.22. The Morgan fingerprint density at radius 3 is 2.74 bits per heavy atom. The van der Waals surface area contributed by atoms with Crippen LogP contribution >= 0.6 is 11.3 Å². The average Bonchev–Trinajstić information content (AvgIpc) is 2.84. The van der Waals surface area contributed by atoms with E-state index in [2.05, 4.69) is 27.8 Å². The van der Waals surface area contributed by atoms with Crippen LogP contribution in [0.4, 0.5) is 0 Å². The van der Waals surface area contributed by atoms with Crippen LogP contribution in [0, 0.1) is 6.92 Å². The van der Waals surface area contributed by atoms with Crippen LogP contribution < -0.4 is 10.1 Å². The third kappa shape index (κ3) is 3.78. The Bertz CT molecular complexity index is 524. The van der Waals surface area contributed by atoms with Crippen LogP contribution in [0.25, 0.3) is 0 Å². The number of likely N-dealkylation sites (N-methyl/N-ethyl adjacent to an activating group) is 1. The van der Waals surface area contributed by atoms with Gasteiger partial charge in [-0.25, -0.2) is 4.98 Å². The highest BCUT2D eigenvalue weighted by Gasteiger charge is 2.13. The molecule has 0 saturated heterocycles. The molecular weight excluding hydrogens is 256 g/mol. The van der Waals surface area contributed by atoms with E-state index in [1.165, 1.54) is 10.6 Å². The summed E-state index contributed by atoms with van der Waals surface area (Å²) in [6.07, 6.45) is 1.90. The summed E-state index contributed by atoms with van der Waals surface area (Å²) in [6, 6.07) is 8.56. The zero-order valence-corrected chi connectivity index (χ0v) is 12.5. The van der Waals surface area contributed by atoms with Gasteiger partial charge < -0.3 is 10.1 Å². The Labute approximate surface area is 118 Å². The summed E-state index contributed by atoms with van der Waals surface area (Å²) < 4.78 is 5.40. The molecule has 2 aromatic rings. The fraction of sp³-hybridized carbons (Fsp3) is 0.400. The lowest BCUT2D eigenvalue weighted by atomic mass is 10.0. The minimum Gasteiger partial charge on any atom is -0.496 e. The van der Waals surface area contributed by atoms with Gasteiger partial charge >= 0.3 is 0 Å². The number of benzene rings is 1. The van der Waals surface area contributed by atoms with Gasteiger partial charge in [0.25, 0.3) is 0 Å². The molecule has 0 amide bonds. The fourth-order valence-electron chi connectivity index (χ4n) is 2.12. The van der Waals surface area contributed by atoms with E-state index < -0.39 is 0 Å². The molecule has 3 nitrogen and oxygen atoms in total. The number of ether oxygens (including phenoxy) is 1. The Hall–Kier alpha value is -1.39. The second-order valence-electron chi connectivity index (χ2n) is 4.59. The van der Waals surface area contributed by atoms with Gasteiger partial charge in [0.2, 0.25) is 0 Å². The first kappa shape index (κ1) is 14.0. The number of hydrogen-bond acceptors (Lipinski definition) is 4. The van der Waals surface area contributed by atoms with Gasteiger partial charge in [-0.05, 0) is 32.0 Å². The summed E-state index contributed by atoms with van der Waals surface area (Å²) in [5, 5.41) is 6.66. The molecule has 1 N–H and O–H groups in total. The van der Waals surface area contributed by atoms with Gasteiger partial charge in [0, 0.05) is 23.5 Å². The van der Waals surface area contributed by atoms with Gasteiger partial charge in [0.15, 0.2) is 0 Å². The molecule has 0 fully saturated rings. The molecule has 0 radical (unpaired) electrons. The van der Waals surface area contributed by atoms with Gasteiger partial charge in [0.1, 0.15) is 5.75 Å². The zero-order chi connectivity index (χ0) is 13.7. The normalized spacial score (nSPS) is 12.4. The first-order valence-corrected chi connectivity index (χ1v) is 7.31. The van der Waals surface area contributed by atoms with E-state index in [1.54, 1.807) is 18.4 Å². The molecule has 0 bridgehead atoms. The Morgan fingerprint density at radius 1 is 1.32 bits per heavy atom. The third-order valence-corrected chi connectivity index (χ3v) is 4.14. The molecule has 0 aliphatic heterocycles. The number of methoxy groups -OCH3 is 1.